The second kappa shape index (κ2) is 5.36. The normalized spacial score (nSPS) is 25.2. The Balaban J connectivity index is 1.86. The molecule has 2 aromatic rings. The van der Waals surface area contributed by atoms with Crippen molar-refractivity contribution in [1.82, 2.24) is 5.32 Å². The molecule has 1 saturated heterocycles. The summed E-state index contributed by atoms with van der Waals surface area (Å²) in [4.78, 5) is 13.4. The van der Waals surface area contributed by atoms with Gasteiger partial charge in [-0.1, -0.05) is 54.6 Å². The van der Waals surface area contributed by atoms with Crippen LogP contribution in [0.3, 0.4) is 0 Å². The molecule has 1 atom stereocenters. The van der Waals surface area contributed by atoms with Gasteiger partial charge in [0.15, 0.2) is 5.78 Å². The smallest absolute Gasteiger partial charge is 0.174 e. The Morgan fingerprint density at radius 3 is 2.32 bits per heavy atom. The summed E-state index contributed by atoms with van der Waals surface area (Å²) in [7, 11) is 0. The number of hydrogen-bond donors (Lipinski definition) is 1. The molecule has 2 aliphatic rings. The van der Waals surface area contributed by atoms with Crippen molar-refractivity contribution in [3.63, 3.8) is 0 Å². The maximum Gasteiger partial charge on any atom is 0.174 e. The molecule has 0 saturated carbocycles. The van der Waals surface area contributed by atoms with Crippen LogP contribution in [-0.4, -0.2) is 18.9 Å². The molecule has 2 heteroatoms. The van der Waals surface area contributed by atoms with Crippen LogP contribution in [0, 0.1) is 5.92 Å². The molecule has 1 unspecified atom stereocenters. The minimum Gasteiger partial charge on any atom is -0.317 e. The topological polar surface area (TPSA) is 29.1 Å². The first-order valence-electron chi connectivity index (χ1n) is 8.21. The maximum atomic E-state index is 13.4. The Bertz CT molecular complexity index is 688. The van der Waals surface area contributed by atoms with Crippen LogP contribution in [0.25, 0.3) is 0 Å². The maximum absolute atomic E-state index is 13.4. The zero-order valence-corrected chi connectivity index (χ0v) is 12.7. The number of nitrogens with one attached hydrogen (secondary N) is 1. The largest absolute Gasteiger partial charge is 0.317 e. The van der Waals surface area contributed by atoms with Gasteiger partial charge in [-0.3, -0.25) is 4.79 Å². The van der Waals surface area contributed by atoms with E-state index in [4.69, 9.17) is 0 Å². The average Bonchev–Trinajstić information content (AvgIpc) is 2.91. The summed E-state index contributed by atoms with van der Waals surface area (Å²) in [6.07, 6.45) is 3.01. The minimum atomic E-state index is -0.354. The number of piperidine rings is 1. The van der Waals surface area contributed by atoms with E-state index < -0.39 is 0 Å². The summed E-state index contributed by atoms with van der Waals surface area (Å²) >= 11 is 0. The van der Waals surface area contributed by atoms with Crippen molar-refractivity contribution in [3.05, 3.63) is 71.3 Å². The summed E-state index contributed by atoms with van der Waals surface area (Å²) in [5.74, 6) is 0.761. The van der Waals surface area contributed by atoms with Crippen LogP contribution in [0.2, 0.25) is 0 Å². The lowest BCUT2D eigenvalue weighted by molar-refractivity contribution is 0.0811. The van der Waals surface area contributed by atoms with Crippen LogP contribution in [0.1, 0.15) is 34.3 Å². The number of benzene rings is 2. The quantitative estimate of drug-likeness (QED) is 0.919. The highest BCUT2D eigenvalue weighted by molar-refractivity contribution is 6.08. The molecule has 2 nitrogen and oxygen atoms in total. The summed E-state index contributed by atoms with van der Waals surface area (Å²) in [6, 6.07) is 18.6. The molecule has 1 aliphatic heterocycles. The molecule has 1 N–H and O–H groups in total. The predicted molar refractivity (Wildman–Crippen MR) is 88.2 cm³/mol. The standard InChI is InChI=1S/C20H21NO/c22-19-18-9-5-4-6-15(18)14-20(19,16-7-2-1-3-8-16)17-10-12-21-13-11-17/h1-9,17,21H,10-14H2. The molecule has 1 aliphatic carbocycles. The van der Waals surface area contributed by atoms with Gasteiger partial charge in [0.05, 0.1) is 5.41 Å². The molecule has 0 spiro atoms. The van der Waals surface area contributed by atoms with Gasteiger partial charge in [-0.25, -0.2) is 0 Å². The van der Waals surface area contributed by atoms with Gasteiger partial charge in [0.1, 0.15) is 0 Å². The second-order valence-electron chi connectivity index (χ2n) is 6.52. The predicted octanol–water partition coefficient (Wildman–Crippen LogP) is 3.36. The van der Waals surface area contributed by atoms with E-state index >= 15 is 0 Å². The lowest BCUT2D eigenvalue weighted by Gasteiger charge is -2.39. The van der Waals surface area contributed by atoms with E-state index in [0.717, 1.165) is 37.9 Å². The average molecular weight is 291 g/mol. The van der Waals surface area contributed by atoms with E-state index in [-0.39, 0.29) is 5.41 Å². The van der Waals surface area contributed by atoms with Gasteiger partial charge in [-0.05, 0) is 49.4 Å². The van der Waals surface area contributed by atoms with Crippen molar-refractivity contribution in [2.24, 2.45) is 5.92 Å². The van der Waals surface area contributed by atoms with Crippen molar-refractivity contribution in [2.45, 2.75) is 24.7 Å². The zero-order chi connectivity index (χ0) is 15.0. The molecule has 0 amide bonds. The minimum absolute atomic E-state index is 0.334. The number of Topliss-reactive ketones (excluding diaryl/α,β-unsaturated/α-hetero) is 1. The molecular formula is C20H21NO. The van der Waals surface area contributed by atoms with Crippen LogP contribution < -0.4 is 5.32 Å². The molecule has 22 heavy (non-hydrogen) atoms. The summed E-state index contributed by atoms with van der Waals surface area (Å²) in [5, 5.41) is 3.43. The molecule has 0 aromatic heterocycles. The lowest BCUT2D eigenvalue weighted by Crippen LogP contribution is -2.46. The Morgan fingerprint density at radius 2 is 1.59 bits per heavy atom. The molecule has 0 bridgehead atoms. The van der Waals surface area contributed by atoms with E-state index in [0.29, 0.717) is 11.7 Å². The third-order valence-electron chi connectivity index (χ3n) is 5.46. The van der Waals surface area contributed by atoms with Gasteiger partial charge in [0.25, 0.3) is 0 Å². The Morgan fingerprint density at radius 1 is 0.909 bits per heavy atom. The van der Waals surface area contributed by atoms with E-state index in [1.807, 2.05) is 18.2 Å². The number of carbonyl (C=O) groups is 1. The summed E-state index contributed by atoms with van der Waals surface area (Å²) in [5.41, 5.74) is 3.00. The third-order valence-corrected chi connectivity index (χ3v) is 5.46. The highest BCUT2D eigenvalue weighted by atomic mass is 16.1. The van der Waals surface area contributed by atoms with Crippen molar-refractivity contribution in [2.75, 3.05) is 13.1 Å². The molecule has 112 valence electrons. The zero-order valence-electron chi connectivity index (χ0n) is 12.7. The van der Waals surface area contributed by atoms with Crippen LogP contribution in [0.4, 0.5) is 0 Å². The Kier molecular flexibility index (Phi) is 3.34. The van der Waals surface area contributed by atoms with Crippen LogP contribution >= 0.6 is 0 Å². The Hall–Kier alpha value is -1.93. The fourth-order valence-corrected chi connectivity index (χ4v) is 4.37. The van der Waals surface area contributed by atoms with Gasteiger partial charge in [-0.15, -0.1) is 0 Å². The van der Waals surface area contributed by atoms with E-state index in [1.54, 1.807) is 0 Å². The van der Waals surface area contributed by atoms with Crippen LogP contribution in [-0.2, 0) is 11.8 Å². The third kappa shape index (κ3) is 1.94. The molecule has 1 heterocycles. The highest BCUT2D eigenvalue weighted by Gasteiger charge is 2.51. The Labute approximate surface area is 131 Å². The monoisotopic (exact) mass is 291 g/mol. The van der Waals surface area contributed by atoms with Crippen molar-refractivity contribution >= 4 is 5.78 Å². The van der Waals surface area contributed by atoms with Gasteiger partial charge in [-0.2, -0.15) is 0 Å². The van der Waals surface area contributed by atoms with Gasteiger partial charge in [0, 0.05) is 5.56 Å². The van der Waals surface area contributed by atoms with Crippen molar-refractivity contribution < 1.29 is 4.79 Å². The molecule has 4 rings (SSSR count). The van der Waals surface area contributed by atoms with Gasteiger partial charge in [0.2, 0.25) is 0 Å². The summed E-state index contributed by atoms with van der Waals surface area (Å²) < 4.78 is 0. The lowest BCUT2D eigenvalue weighted by atomic mass is 9.64. The first-order valence-corrected chi connectivity index (χ1v) is 8.21. The number of rotatable bonds is 2. The molecule has 1 fully saturated rings. The van der Waals surface area contributed by atoms with Gasteiger partial charge >= 0.3 is 0 Å². The van der Waals surface area contributed by atoms with Crippen molar-refractivity contribution in [3.8, 4) is 0 Å². The SMILES string of the molecule is O=C1c2ccccc2CC1(c1ccccc1)C1CCNCC1. The number of fused-ring (bicyclic) bond motifs is 1. The molecule has 2 aromatic carbocycles. The van der Waals surface area contributed by atoms with E-state index in [1.165, 1.54) is 11.1 Å². The number of carbonyl (C=O) groups excluding carboxylic acids is 1. The first-order chi connectivity index (χ1) is 10.8. The van der Waals surface area contributed by atoms with Crippen LogP contribution in [0.5, 0.6) is 0 Å². The van der Waals surface area contributed by atoms with Gasteiger partial charge < -0.3 is 5.32 Å². The van der Waals surface area contributed by atoms with Crippen LogP contribution in [0.15, 0.2) is 54.6 Å². The number of hydrogen-bond acceptors (Lipinski definition) is 2. The second-order valence-corrected chi connectivity index (χ2v) is 6.52. The highest BCUT2D eigenvalue weighted by Crippen LogP contribution is 2.47. The first kappa shape index (κ1) is 13.7. The molecular weight excluding hydrogens is 270 g/mol. The van der Waals surface area contributed by atoms with E-state index in [9.17, 15) is 4.79 Å². The summed E-state index contributed by atoms with van der Waals surface area (Å²) in [6.45, 7) is 2.03. The number of ketones is 1. The van der Waals surface area contributed by atoms with Crippen molar-refractivity contribution in [1.29, 1.82) is 0 Å². The van der Waals surface area contributed by atoms with E-state index in [2.05, 4.69) is 41.7 Å². The molecule has 0 radical (unpaired) electrons. The fourth-order valence-electron chi connectivity index (χ4n) is 4.37. The fraction of sp³-hybridized carbons (Fsp3) is 0.350.